The molecule has 1 atom stereocenters. The normalized spacial score (nSPS) is 16.9. The van der Waals surface area contributed by atoms with Gasteiger partial charge in [-0.3, -0.25) is 0 Å². The van der Waals surface area contributed by atoms with Gasteiger partial charge in [-0.15, -0.1) is 0 Å². The number of amides is 2. The first kappa shape index (κ1) is 16.4. The molecule has 2 amide bonds. The molecule has 0 spiro atoms. The minimum Gasteiger partial charge on any atom is -0.388 e. The molecule has 24 heavy (non-hydrogen) atoms. The van der Waals surface area contributed by atoms with Gasteiger partial charge in [0.15, 0.2) is 0 Å². The summed E-state index contributed by atoms with van der Waals surface area (Å²) in [5.74, 6) is 0.911. The van der Waals surface area contributed by atoms with Crippen LogP contribution in [0.1, 0.15) is 38.0 Å². The van der Waals surface area contributed by atoms with Crippen LogP contribution in [-0.4, -0.2) is 40.0 Å². The molecule has 1 heterocycles. The summed E-state index contributed by atoms with van der Waals surface area (Å²) in [4.78, 5) is 16.2. The van der Waals surface area contributed by atoms with Gasteiger partial charge in [-0.25, -0.2) is 4.79 Å². The fourth-order valence-electron chi connectivity index (χ4n) is 2.54. The van der Waals surface area contributed by atoms with Crippen LogP contribution in [0.3, 0.4) is 0 Å². The number of nitrogens with zero attached hydrogens (tertiary/aromatic N) is 2. The van der Waals surface area contributed by atoms with E-state index in [-0.39, 0.29) is 18.5 Å². The highest BCUT2D eigenvalue weighted by Crippen LogP contribution is 2.30. The van der Waals surface area contributed by atoms with Crippen molar-refractivity contribution >= 4 is 6.03 Å². The van der Waals surface area contributed by atoms with E-state index in [2.05, 4.69) is 20.8 Å². The molecule has 1 aliphatic rings. The molecule has 1 aromatic carbocycles. The van der Waals surface area contributed by atoms with Crippen LogP contribution in [0.2, 0.25) is 0 Å². The fraction of sp³-hybridized carbons (Fsp3) is 0.471. The van der Waals surface area contributed by atoms with Gasteiger partial charge in [0.1, 0.15) is 0 Å². The van der Waals surface area contributed by atoms with E-state index >= 15 is 0 Å². The SMILES string of the molecule is CC(CNC(=O)NCC1(O)CCC1)c1nc(-c2ccccc2)no1. The standard InChI is InChI=1S/C17H22N4O3/c1-12(10-18-16(22)19-11-17(23)8-5-9-17)15-20-14(21-24-15)13-6-3-2-4-7-13/h2-4,6-7,12,23H,5,8-11H2,1H3,(H2,18,19,22). The van der Waals surface area contributed by atoms with Gasteiger partial charge in [0.2, 0.25) is 11.7 Å². The summed E-state index contributed by atoms with van der Waals surface area (Å²) in [6.45, 7) is 2.56. The third kappa shape index (κ3) is 3.91. The van der Waals surface area contributed by atoms with Crippen LogP contribution in [0, 0.1) is 0 Å². The minimum atomic E-state index is -0.722. The van der Waals surface area contributed by atoms with Crippen LogP contribution >= 0.6 is 0 Å². The Balaban J connectivity index is 1.47. The van der Waals surface area contributed by atoms with Crippen molar-refractivity contribution in [3.8, 4) is 11.4 Å². The van der Waals surface area contributed by atoms with Crippen LogP contribution in [0.4, 0.5) is 4.79 Å². The Morgan fingerprint density at radius 1 is 1.33 bits per heavy atom. The van der Waals surface area contributed by atoms with Gasteiger partial charge in [0, 0.05) is 18.7 Å². The topological polar surface area (TPSA) is 100 Å². The number of hydrogen-bond acceptors (Lipinski definition) is 5. The molecule has 2 aromatic rings. The molecular weight excluding hydrogens is 308 g/mol. The van der Waals surface area contributed by atoms with Crippen molar-refractivity contribution in [2.45, 2.75) is 37.7 Å². The molecule has 0 saturated heterocycles. The second-order valence-corrected chi connectivity index (χ2v) is 6.36. The Morgan fingerprint density at radius 3 is 2.75 bits per heavy atom. The number of nitrogens with one attached hydrogen (secondary N) is 2. The van der Waals surface area contributed by atoms with Gasteiger partial charge in [0.25, 0.3) is 0 Å². The van der Waals surface area contributed by atoms with Crippen molar-refractivity contribution < 1.29 is 14.4 Å². The number of aromatic nitrogens is 2. The van der Waals surface area contributed by atoms with E-state index in [1.54, 1.807) is 0 Å². The largest absolute Gasteiger partial charge is 0.388 e. The Bertz CT molecular complexity index is 682. The predicted molar refractivity (Wildman–Crippen MR) is 88.4 cm³/mol. The highest BCUT2D eigenvalue weighted by molar-refractivity contribution is 5.74. The van der Waals surface area contributed by atoms with Crippen LogP contribution in [-0.2, 0) is 0 Å². The fourth-order valence-corrected chi connectivity index (χ4v) is 2.54. The molecule has 1 fully saturated rings. The van der Waals surface area contributed by atoms with Crippen molar-refractivity contribution in [3.05, 3.63) is 36.2 Å². The van der Waals surface area contributed by atoms with Crippen LogP contribution in [0.15, 0.2) is 34.9 Å². The molecule has 0 radical (unpaired) electrons. The van der Waals surface area contributed by atoms with Crippen molar-refractivity contribution in [1.82, 2.24) is 20.8 Å². The Kier molecular flexibility index (Phi) is 4.80. The molecule has 1 unspecified atom stereocenters. The van der Waals surface area contributed by atoms with E-state index in [1.807, 2.05) is 37.3 Å². The molecule has 3 rings (SSSR count). The number of rotatable bonds is 6. The predicted octanol–water partition coefficient (Wildman–Crippen LogP) is 2.05. The van der Waals surface area contributed by atoms with Gasteiger partial charge in [0.05, 0.1) is 11.5 Å². The van der Waals surface area contributed by atoms with Crippen molar-refractivity contribution in [2.24, 2.45) is 0 Å². The summed E-state index contributed by atoms with van der Waals surface area (Å²) in [6.07, 6.45) is 2.50. The maximum atomic E-state index is 11.8. The van der Waals surface area contributed by atoms with Crippen molar-refractivity contribution in [2.75, 3.05) is 13.1 Å². The molecular formula is C17H22N4O3. The number of benzene rings is 1. The van der Waals surface area contributed by atoms with Crippen molar-refractivity contribution in [1.29, 1.82) is 0 Å². The van der Waals surface area contributed by atoms with Gasteiger partial charge >= 0.3 is 6.03 Å². The second-order valence-electron chi connectivity index (χ2n) is 6.36. The summed E-state index contributed by atoms with van der Waals surface area (Å²) >= 11 is 0. The molecule has 0 bridgehead atoms. The average molecular weight is 330 g/mol. The molecule has 7 heteroatoms. The number of urea groups is 1. The van der Waals surface area contributed by atoms with E-state index in [1.165, 1.54) is 0 Å². The smallest absolute Gasteiger partial charge is 0.314 e. The van der Waals surface area contributed by atoms with Crippen LogP contribution < -0.4 is 10.6 Å². The zero-order chi connectivity index (χ0) is 17.0. The Morgan fingerprint density at radius 2 is 2.08 bits per heavy atom. The molecule has 3 N–H and O–H groups in total. The Hall–Kier alpha value is -2.41. The highest BCUT2D eigenvalue weighted by Gasteiger charge is 2.34. The monoisotopic (exact) mass is 330 g/mol. The minimum absolute atomic E-state index is 0.104. The molecule has 0 aliphatic heterocycles. The lowest BCUT2D eigenvalue weighted by molar-refractivity contribution is -0.0290. The third-order valence-corrected chi connectivity index (χ3v) is 4.33. The summed E-state index contributed by atoms with van der Waals surface area (Å²) in [5.41, 5.74) is 0.166. The van der Waals surface area contributed by atoms with Gasteiger partial charge in [-0.1, -0.05) is 42.4 Å². The van der Waals surface area contributed by atoms with E-state index in [0.717, 1.165) is 24.8 Å². The average Bonchev–Trinajstić information content (AvgIpc) is 3.07. The van der Waals surface area contributed by atoms with E-state index in [0.29, 0.717) is 18.3 Å². The summed E-state index contributed by atoms with van der Waals surface area (Å²) in [6, 6.07) is 9.28. The molecule has 7 nitrogen and oxygen atoms in total. The van der Waals surface area contributed by atoms with Crippen LogP contribution in [0.25, 0.3) is 11.4 Å². The quantitative estimate of drug-likeness (QED) is 0.753. The van der Waals surface area contributed by atoms with Gasteiger partial charge in [-0.05, 0) is 19.3 Å². The first-order chi connectivity index (χ1) is 11.6. The third-order valence-electron chi connectivity index (χ3n) is 4.33. The summed E-state index contributed by atoms with van der Waals surface area (Å²) in [7, 11) is 0. The van der Waals surface area contributed by atoms with E-state index in [4.69, 9.17) is 4.52 Å². The maximum Gasteiger partial charge on any atom is 0.314 e. The molecule has 128 valence electrons. The van der Waals surface area contributed by atoms with E-state index < -0.39 is 5.60 Å². The Labute approximate surface area is 140 Å². The molecule has 1 saturated carbocycles. The second kappa shape index (κ2) is 7.00. The zero-order valence-corrected chi connectivity index (χ0v) is 13.7. The lowest BCUT2D eigenvalue weighted by Crippen LogP contribution is -2.50. The maximum absolute atomic E-state index is 11.8. The first-order valence-electron chi connectivity index (χ1n) is 8.19. The summed E-state index contributed by atoms with van der Waals surface area (Å²) < 4.78 is 5.28. The number of carbonyl (C=O) groups excluding carboxylic acids is 1. The van der Waals surface area contributed by atoms with Crippen molar-refractivity contribution in [3.63, 3.8) is 0 Å². The first-order valence-corrected chi connectivity index (χ1v) is 8.19. The lowest BCUT2D eigenvalue weighted by Gasteiger charge is -2.36. The van der Waals surface area contributed by atoms with Crippen LogP contribution in [0.5, 0.6) is 0 Å². The summed E-state index contributed by atoms with van der Waals surface area (Å²) in [5, 5.41) is 19.4. The highest BCUT2D eigenvalue weighted by atomic mass is 16.5. The number of hydrogen-bond donors (Lipinski definition) is 3. The number of carbonyl (C=O) groups is 1. The number of aliphatic hydroxyl groups is 1. The van der Waals surface area contributed by atoms with E-state index in [9.17, 15) is 9.90 Å². The molecule has 1 aromatic heterocycles. The lowest BCUT2D eigenvalue weighted by atomic mass is 9.80. The van der Waals surface area contributed by atoms with Gasteiger partial charge in [-0.2, -0.15) is 4.98 Å². The zero-order valence-electron chi connectivity index (χ0n) is 13.7. The molecule has 1 aliphatic carbocycles. The van der Waals surface area contributed by atoms with Gasteiger partial charge < -0.3 is 20.3 Å².